The van der Waals surface area contributed by atoms with E-state index in [1.54, 1.807) is 32.2 Å². The van der Waals surface area contributed by atoms with Gasteiger partial charge in [-0.2, -0.15) is 0 Å². The number of carbonyl (C=O) groups excluding carboxylic acids is 2. The minimum Gasteiger partial charge on any atom is -0.497 e. The van der Waals surface area contributed by atoms with Gasteiger partial charge in [0.1, 0.15) is 11.5 Å². The van der Waals surface area contributed by atoms with Gasteiger partial charge in [0.25, 0.3) is 0 Å². The number of rotatable bonds is 5. The maximum atomic E-state index is 12.4. The lowest BCUT2D eigenvalue weighted by molar-refractivity contribution is -0.114. The van der Waals surface area contributed by atoms with E-state index in [-0.39, 0.29) is 18.4 Å². The van der Waals surface area contributed by atoms with Crippen LogP contribution in [-0.2, 0) is 4.79 Å². The molecule has 0 saturated heterocycles. The summed E-state index contributed by atoms with van der Waals surface area (Å²) in [4.78, 5) is 26.0. The normalized spacial score (nSPS) is 17.2. The van der Waals surface area contributed by atoms with Gasteiger partial charge < -0.3 is 14.8 Å². The highest BCUT2D eigenvalue weighted by molar-refractivity contribution is 5.98. The van der Waals surface area contributed by atoms with Gasteiger partial charge in [-0.05, 0) is 32.0 Å². The van der Waals surface area contributed by atoms with Gasteiger partial charge in [-0.3, -0.25) is 9.69 Å². The van der Waals surface area contributed by atoms with E-state index >= 15 is 0 Å². The number of nitrogens with zero attached hydrogens (tertiary/aromatic N) is 1. The standard InChI is InChI=1S/C18H20N2O4/c1-6-9-20-11(2)16(12(3)21)17(19-18(20)22)14-10-13(23-4)7-8-15(14)24-5/h1,7-8,10,17H,9H2,2-5H3,(H,19,22)/t17-/m0/s1. The van der Waals surface area contributed by atoms with E-state index < -0.39 is 6.04 Å². The molecule has 0 radical (unpaired) electrons. The highest BCUT2D eigenvalue weighted by Crippen LogP contribution is 2.37. The Hall–Kier alpha value is -2.94. The van der Waals surface area contributed by atoms with Crippen molar-refractivity contribution in [3.05, 3.63) is 35.0 Å². The van der Waals surface area contributed by atoms with Gasteiger partial charge in [-0.25, -0.2) is 4.79 Å². The molecule has 24 heavy (non-hydrogen) atoms. The molecule has 1 N–H and O–H groups in total. The Labute approximate surface area is 141 Å². The van der Waals surface area contributed by atoms with Crippen molar-refractivity contribution in [3.8, 4) is 23.8 Å². The van der Waals surface area contributed by atoms with Crippen LogP contribution in [0.2, 0.25) is 0 Å². The second-order valence-electron chi connectivity index (χ2n) is 5.34. The number of methoxy groups -OCH3 is 2. The summed E-state index contributed by atoms with van der Waals surface area (Å²) in [7, 11) is 3.08. The largest absolute Gasteiger partial charge is 0.497 e. The topological polar surface area (TPSA) is 67.9 Å². The SMILES string of the molecule is C#CCN1C(=O)N[C@@H](c2cc(OC)ccc2OC)C(C(C)=O)=C1C. The molecule has 126 valence electrons. The molecule has 1 aromatic rings. The highest BCUT2D eigenvalue weighted by Gasteiger charge is 2.35. The molecule has 1 heterocycles. The Morgan fingerprint density at radius 2 is 2.08 bits per heavy atom. The minimum atomic E-state index is -0.630. The molecule has 0 unspecified atom stereocenters. The number of hydrogen-bond acceptors (Lipinski definition) is 4. The molecular formula is C18H20N2O4. The number of benzene rings is 1. The van der Waals surface area contributed by atoms with Gasteiger partial charge >= 0.3 is 6.03 Å². The summed E-state index contributed by atoms with van der Waals surface area (Å²) in [6.07, 6.45) is 5.32. The molecule has 2 amide bonds. The second-order valence-corrected chi connectivity index (χ2v) is 5.34. The number of hydrogen-bond donors (Lipinski definition) is 1. The third-order valence-electron chi connectivity index (χ3n) is 3.97. The molecular weight excluding hydrogens is 308 g/mol. The number of urea groups is 1. The number of amides is 2. The molecule has 1 atom stereocenters. The lowest BCUT2D eigenvalue weighted by Gasteiger charge is -2.35. The molecule has 0 aromatic heterocycles. The minimum absolute atomic E-state index is 0.0937. The summed E-state index contributed by atoms with van der Waals surface area (Å²) < 4.78 is 10.6. The quantitative estimate of drug-likeness (QED) is 0.842. The number of ketones is 1. The van der Waals surface area contributed by atoms with Crippen molar-refractivity contribution in [3.63, 3.8) is 0 Å². The zero-order valence-electron chi connectivity index (χ0n) is 14.2. The zero-order chi connectivity index (χ0) is 17.9. The average Bonchev–Trinajstić information content (AvgIpc) is 2.57. The molecule has 1 aliphatic rings. The summed E-state index contributed by atoms with van der Waals surface area (Å²) >= 11 is 0. The van der Waals surface area contributed by atoms with Crippen LogP contribution in [0.4, 0.5) is 4.79 Å². The van der Waals surface area contributed by atoms with Crippen LogP contribution in [0.15, 0.2) is 29.5 Å². The molecule has 0 aliphatic carbocycles. The summed E-state index contributed by atoms with van der Waals surface area (Å²) in [5.74, 6) is 3.44. The Bertz CT molecular complexity index is 746. The van der Waals surface area contributed by atoms with Crippen molar-refractivity contribution < 1.29 is 19.1 Å². The van der Waals surface area contributed by atoms with Crippen LogP contribution in [0.1, 0.15) is 25.5 Å². The van der Waals surface area contributed by atoms with E-state index in [0.29, 0.717) is 28.3 Å². The van der Waals surface area contributed by atoms with Crippen molar-refractivity contribution in [2.24, 2.45) is 0 Å². The van der Waals surface area contributed by atoms with E-state index in [9.17, 15) is 9.59 Å². The first-order valence-electron chi connectivity index (χ1n) is 7.39. The van der Waals surface area contributed by atoms with E-state index in [1.165, 1.54) is 18.9 Å². The Kier molecular flexibility index (Phi) is 5.14. The van der Waals surface area contributed by atoms with Crippen molar-refractivity contribution in [2.45, 2.75) is 19.9 Å². The monoisotopic (exact) mass is 328 g/mol. The molecule has 0 spiro atoms. The summed E-state index contributed by atoms with van der Waals surface area (Å²) in [5, 5.41) is 2.83. The second kappa shape index (κ2) is 7.09. The summed E-state index contributed by atoms with van der Waals surface area (Å²) in [6.45, 7) is 3.27. The maximum Gasteiger partial charge on any atom is 0.323 e. The van der Waals surface area contributed by atoms with E-state index in [2.05, 4.69) is 11.2 Å². The van der Waals surface area contributed by atoms with Crippen molar-refractivity contribution in [1.82, 2.24) is 10.2 Å². The van der Waals surface area contributed by atoms with Crippen LogP contribution in [0.5, 0.6) is 11.5 Å². The Morgan fingerprint density at radius 3 is 2.62 bits per heavy atom. The predicted octanol–water partition coefficient (Wildman–Crippen LogP) is 2.27. The fourth-order valence-corrected chi connectivity index (χ4v) is 2.82. The third-order valence-corrected chi connectivity index (χ3v) is 3.97. The smallest absolute Gasteiger partial charge is 0.323 e. The van der Waals surface area contributed by atoms with Gasteiger partial charge in [0.15, 0.2) is 5.78 Å². The molecule has 2 rings (SSSR count). The van der Waals surface area contributed by atoms with Crippen molar-refractivity contribution in [1.29, 1.82) is 0 Å². The molecule has 6 heteroatoms. The van der Waals surface area contributed by atoms with Crippen LogP contribution in [0.3, 0.4) is 0 Å². The fourth-order valence-electron chi connectivity index (χ4n) is 2.82. The number of carbonyl (C=O) groups is 2. The maximum absolute atomic E-state index is 12.4. The van der Waals surface area contributed by atoms with Crippen molar-refractivity contribution in [2.75, 3.05) is 20.8 Å². The first-order chi connectivity index (χ1) is 11.4. The van der Waals surface area contributed by atoms with Gasteiger partial charge in [0.05, 0.1) is 26.8 Å². The molecule has 0 bridgehead atoms. The fraction of sp³-hybridized carbons (Fsp3) is 0.333. The molecule has 1 aliphatic heterocycles. The first-order valence-corrected chi connectivity index (χ1v) is 7.39. The van der Waals surface area contributed by atoms with Crippen molar-refractivity contribution >= 4 is 11.8 Å². The average molecular weight is 328 g/mol. The van der Waals surface area contributed by atoms with E-state index in [1.807, 2.05) is 0 Å². The van der Waals surface area contributed by atoms with Crippen LogP contribution in [0.25, 0.3) is 0 Å². The number of allylic oxidation sites excluding steroid dienone is 1. The predicted molar refractivity (Wildman–Crippen MR) is 89.7 cm³/mol. The summed E-state index contributed by atoms with van der Waals surface area (Å²) in [5.41, 5.74) is 1.66. The molecule has 0 fully saturated rings. The number of ether oxygens (including phenoxy) is 2. The molecule has 1 aromatic carbocycles. The Morgan fingerprint density at radius 1 is 1.38 bits per heavy atom. The number of terminal acetylenes is 1. The van der Waals surface area contributed by atoms with E-state index in [0.717, 1.165) is 0 Å². The van der Waals surface area contributed by atoms with E-state index in [4.69, 9.17) is 15.9 Å². The third kappa shape index (κ3) is 3.06. The van der Waals surface area contributed by atoms with Gasteiger partial charge in [0.2, 0.25) is 0 Å². The van der Waals surface area contributed by atoms with Crippen LogP contribution < -0.4 is 14.8 Å². The highest BCUT2D eigenvalue weighted by atomic mass is 16.5. The number of nitrogens with one attached hydrogen (secondary N) is 1. The van der Waals surface area contributed by atoms with Gasteiger partial charge in [-0.1, -0.05) is 5.92 Å². The van der Waals surface area contributed by atoms with Gasteiger partial charge in [0, 0.05) is 16.8 Å². The number of Topliss-reactive ketones (excluding diaryl/α,β-unsaturated/α-hetero) is 1. The summed E-state index contributed by atoms with van der Waals surface area (Å²) in [6, 6.07) is 4.25. The lowest BCUT2D eigenvalue weighted by atomic mass is 9.91. The van der Waals surface area contributed by atoms with Crippen LogP contribution in [-0.4, -0.2) is 37.5 Å². The van der Waals surface area contributed by atoms with Crippen LogP contribution in [0, 0.1) is 12.3 Å². The van der Waals surface area contributed by atoms with Gasteiger partial charge in [-0.15, -0.1) is 6.42 Å². The van der Waals surface area contributed by atoms with Crippen LogP contribution >= 0.6 is 0 Å². The first kappa shape index (κ1) is 17.4. The Balaban J connectivity index is 2.63. The lowest BCUT2D eigenvalue weighted by Crippen LogP contribution is -2.47. The molecule has 0 saturated carbocycles. The molecule has 6 nitrogen and oxygen atoms in total. The zero-order valence-corrected chi connectivity index (χ0v) is 14.2.